The van der Waals surface area contributed by atoms with Crippen molar-refractivity contribution in [3.63, 3.8) is 0 Å². The molecule has 0 atom stereocenters. The Hall–Kier alpha value is -6.18. The van der Waals surface area contributed by atoms with Gasteiger partial charge >= 0.3 is 0 Å². The monoisotopic (exact) mass is 749 g/mol. The van der Waals surface area contributed by atoms with Crippen LogP contribution in [-0.4, -0.2) is 4.57 Å². The average Bonchev–Trinajstić information content (AvgIpc) is 3.66. The fourth-order valence-electron chi connectivity index (χ4n) is 10.3. The maximum absolute atomic E-state index is 2.54. The molecule has 0 amide bonds. The van der Waals surface area contributed by atoms with Gasteiger partial charge in [0.15, 0.2) is 0 Å². The van der Waals surface area contributed by atoms with E-state index in [9.17, 15) is 0 Å². The summed E-state index contributed by atoms with van der Waals surface area (Å²) in [6.07, 6.45) is 0. The Bertz CT molecular complexity index is 3050. The molecular formula is C57H51N. The third kappa shape index (κ3) is 5.51. The molecule has 10 rings (SSSR count). The van der Waals surface area contributed by atoms with Crippen molar-refractivity contribution in [1.82, 2.24) is 4.57 Å². The van der Waals surface area contributed by atoms with Gasteiger partial charge in [0.25, 0.3) is 0 Å². The van der Waals surface area contributed by atoms with Crippen LogP contribution in [0, 0.1) is 0 Å². The number of aromatic nitrogens is 1. The van der Waals surface area contributed by atoms with E-state index >= 15 is 0 Å². The minimum Gasteiger partial charge on any atom is -0.309 e. The molecule has 8 aromatic carbocycles. The third-order valence-electron chi connectivity index (χ3n) is 12.8. The predicted octanol–water partition coefficient (Wildman–Crippen LogP) is 15.8. The molecule has 1 aliphatic carbocycles. The third-order valence-corrected chi connectivity index (χ3v) is 12.8. The molecule has 0 aliphatic heterocycles. The number of rotatable bonds is 4. The van der Waals surface area contributed by atoms with Crippen LogP contribution in [0.15, 0.2) is 164 Å². The number of nitrogens with zero attached hydrogens (tertiary/aromatic N) is 1. The molecule has 284 valence electrons. The van der Waals surface area contributed by atoms with Crippen LogP contribution in [0.25, 0.3) is 82.8 Å². The molecule has 0 radical (unpaired) electrons. The Morgan fingerprint density at radius 3 is 1.53 bits per heavy atom. The molecule has 0 fully saturated rings. The van der Waals surface area contributed by atoms with Gasteiger partial charge in [-0.1, -0.05) is 189 Å². The normalized spacial score (nSPS) is 13.7. The number of hydrogen-bond acceptors (Lipinski definition) is 0. The lowest BCUT2D eigenvalue weighted by Gasteiger charge is -2.30. The second-order valence-electron chi connectivity index (χ2n) is 19.0. The molecule has 0 spiro atoms. The zero-order valence-electron chi connectivity index (χ0n) is 35.0. The van der Waals surface area contributed by atoms with Gasteiger partial charge in [-0.2, -0.15) is 0 Å². The maximum atomic E-state index is 2.54. The van der Waals surface area contributed by atoms with Gasteiger partial charge in [0.1, 0.15) is 0 Å². The molecule has 1 heterocycles. The van der Waals surface area contributed by atoms with Crippen molar-refractivity contribution in [2.45, 2.75) is 71.6 Å². The second-order valence-corrected chi connectivity index (χ2v) is 19.0. The lowest BCUT2D eigenvalue weighted by atomic mass is 9.74. The largest absolute Gasteiger partial charge is 0.309 e. The molecule has 1 aliphatic rings. The fourth-order valence-corrected chi connectivity index (χ4v) is 10.3. The summed E-state index contributed by atoms with van der Waals surface area (Å²) in [6.45, 7) is 18.9. The molecule has 9 aromatic rings. The summed E-state index contributed by atoms with van der Waals surface area (Å²) in [4.78, 5) is 0. The summed E-state index contributed by atoms with van der Waals surface area (Å²) in [5.74, 6) is 0. The standard InChI is InChI=1S/C57H51N/c1-55(2,3)52-43-24-15-16-25-44(43)53(56(4,5)6)46-35-50-47(34-45(46)52)51(37-19-11-9-12-20-37)54(38-21-13-10-14-22-38)58(50)40-30-27-36(28-31-40)39-29-32-42-41-23-17-18-26-48(41)57(7,8)49(42)33-39/h9-35H,1-8H3. The van der Waals surface area contributed by atoms with Gasteiger partial charge in [-0.05, 0) is 118 Å². The molecule has 0 bridgehead atoms. The van der Waals surface area contributed by atoms with E-state index in [0.717, 1.165) is 5.69 Å². The predicted molar refractivity (Wildman–Crippen MR) is 250 cm³/mol. The van der Waals surface area contributed by atoms with E-state index in [0.29, 0.717) is 0 Å². The highest BCUT2D eigenvalue weighted by Crippen LogP contribution is 2.51. The average molecular weight is 750 g/mol. The van der Waals surface area contributed by atoms with Crippen LogP contribution < -0.4 is 0 Å². The molecule has 0 saturated carbocycles. The van der Waals surface area contributed by atoms with Crippen LogP contribution in [0.4, 0.5) is 0 Å². The van der Waals surface area contributed by atoms with Gasteiger partial charge in [0.05, 0.1) is 11.2 Å². The first kappa shape index (κ1) is 36.2. The van der Waals surface area contributed by atoms with Gasteiger partial charge in [-0.25, -0.2) is 0 Å². The van der Waals surface area contributed by atoms with Crippen LogP contribution in [0.3, 0.4) is 0 Å². The van der Waals surface area contributed by atoms with Crippen LogP contribution in [0.5, 0.6) is 0 Å². The lowest BCUT2D eigenvalue weighted by Crippen LogP contribution is -2.17. The van der Waals surface area contributed by atoms with Gasteiger partial charge in [0.2, 0.25) is 0 Å². The van der Waals surface area contributed by atoms with E-state index in [-0.39, 0.29) is 16.2 Å². The molecule has 1 heteroatoms. The Labute approximate surface area is 343 Å². The Kier molecular flexibility index (Phi) is 8.06. The van der Waals surface area contributed by atoms with Crippen molar-refractivity contribution in [1.29, 1.82) is 0 Å². The molecule has 1 nitrogen and oxygen atoms in total. The Morgan fingerprint density at radius 2 is 0.914 bits per heavy atom. The number of hydrogen-bond donors (Lipinski definition) is 0. The van der Waals surface area contributed by atoms with Crippen LogP contribution >= 0.6 is 0 Å². The Morgan fingerprint density at radius 1 is 0.397 bits per heavy atom. The van der Waals surface area contributed by atoms with Gasteiger partial charge in [0, 0.05) is 22.1 Å². The highest BCUT2D eigenvalue weighted by Gasteiger charge is 2.35. The SMILES string of the molecule is CC(C)(C)c1c2ccccc2c(C(C)(C)C)c2cc3c(cc12)c(-c1ccccc1)c(-c1ccccc1)n3-c1ccc(-c2ccc3c(c2)C(C)(C)c2ccccc2-3)cc1. The molecule has 1 aromatic heterocycles. The van der Waals surface area contributed by atoms with E-state index in [1.54, 1.807) is 0 Å². The van der Waals surface area contributed by atoms with E-state index in [1.807, 2.05) is 0 Å². The summed E-state index contributed by atoms with van der Waals surface area (Å²) in [6, 6.07) is 61.4. The first-order valence-electron chi connectivity index (χ1n) is 20.9. The van der Waals surface area contributed by atoms with Gasteiger partial charge in [-0.15, -0.1) is 0 Å². The fraction of sp³-hybridized carbons (Fsp3) is 0.193. The maximum Gasteiger partial charge on any atom is 0.0619 e. The summed E-state index contributed by atoms with van der Waals surface area (Å²) in [7, 11) is 0. The molecule has 0 N–H and O–H groups in total. The quantitative estimate of drug-likeness (QED) is 0.158. The highest BCUT2D eigenvalue weighted by atomic mass is 15.0. The van der Waals surface area contributed by atoms with Crippen molar-refractivity contribution in [2.75, 3.05) is 0 Å². The molecule has 0 unspecified atom stereocenters. The van der Waals surface area contributed by atoms with Crippen LogP contribution in [0.1, 0.15) is 77.6 Å². The van der Waals surface area contributed by atoms with Crippen molar-refractivity contribution in [3.8, 4) is 50.3 Å². The lowest BCUT2D eigenvalue weighted by molar-refractivity contribution is 0.593. The molecular weight excluding hydrogens is 699 g/mol. The number of fused-ring (bicyclic) bond motifs is 6. The second kappa shape index (κ2) is 12.9. The number of benzene rings is 8. The van der Waals surface area contributed by atoms with Crippen molar-refractivity contribution in [3.05, 3.63) is 186 Å². The molecule has 58 heavy (non-hydrogen) atoms. The summed E-state index contributed by atoms with van der Waals surface area (Å²) in [5, 5.41) is 6.64. The summed E-state index contributed by atoms with van der Waals surface area (Å²) < 4.78 is 2.54. The first-order valence-corrected chi connectivity index (χ1v) is 20.9. The highest BCUT2D eigenvalue weighted by molar-refractivity contribution is 6.16. The van der Waals surface area contributed by atoms with E-state index in [2.05, 4.69) is 224 Å². The Balaban J connectivity index is 1.28. The van der Waals surface area contributed by atoms with Crippen molar-refractivity contribution < 1.29 is 0 Å². The molecule has 0 saturated heterocycles. The first-order chi connectivity index (χ1) is 27.8. The van der Waals surface area contributed by atoms with E-state index in [1.165, 1.54) is 99.3 Å². The topological polar surface area (TPSA) is 4.93 Å². The summed E-state index contributed by atoms with van der Waals surface area (Å²) >= 11 is 0. The van der Waals surface area contributed by atoms with Crippen LogP contribution in [-0.2, 0) is 16.2 Å². The van der Waals surface area contributed by atoms with Crippen molar-refractivity contribution in [2.24, 2.45) is 0 Å². The van der Waals surface area contributed by atoms with Gasteiger partial charge < -0.3 is 4.57 Å². The van der Waals surface area contributed by atoms with E-state index in [4.69, 9.17) is 0 Å². The minimum absolute atomic E-state index is 0.0444. The smallest absolute Gasteiger partial charge is 0.0619 e. The van der Waals surface area contributed by atoms with Crippen LogP contribution in [0.2, 0.25) is 0 Å². The van der Waals surface area contributed by atoms with E-state index < -0.39 is 0 Å². The van der Waals surface area contributed by atoms with Gasteiger partial charge in [-0.3, -0.25) is 0 Å². The zero-order chi connectivity index (χ0) is 40.1. The zero-order valence-corrected chi connectivity index (χ0v) is 35.0. The summed E-state index contributed by atoms with van der Waals surface area (Å²) in [5.41, 5.74) is 17.8. The minimum atomic E-state index is -0.0860. The van der Waals surface area contributed by atoms with Crippen molar-refractivity contribution >= 4 is 32.4 Å².